The molecule has 0 aromatic heterocycles. The fourth-order valence-corrected chi connectivity index (χ4v) is 3.94. The van der Waals surface area contributed by atoms with Crippen molar-refractivity contribution >= 4 is 27.2 Å². The second-order valence-corrected chi connectivity index (χ2v) is 7.12. The van der Waals surface area contributed by atoms with Crippen LogP contribution in [0.2, 0.25) is 0 Å². The number of non-ortho nitro benzene ring substituents is 1. The summed E-state index contributed by atoms with van der Waals surface area (Å²) in [4.78, 5) is 21.2. The van der Waals surface area contributed by atoms with Crippen LogP contribution in [0.3, 0.4) is 0 Å². The molecule has 114 valence electrons. The van der Waals surface area contributed by atoms with Gasteiger partial charge in [0.15, 0.2) is 9.84 Å². The fraction of sp³-hybridized carbons (Fsp3) is 0.417. The molecule has 1 heterocycles. The number of nitrogens with zero attached hydrogens (tertiary/aromatic N) is 1. The van der Waals surface area contributed by atoms with Crippen molar-refractivity contribution in [2.45, 2.75) is 18.9 Å². The third-order valence-electron chi connectivity index (χ3n) is 3.27. The largest absolute Gasteiger partial charge is 0.478 e. The highest BCUT2D eigenvalue weighted by Crippen LogP contribution is 2.25. The van der Waals surface area contributed by atoms with Gasteiger partial charge in [0.2, 0.25) is 0 Å². The highest BCUT2D eigenvalue weighted by atomic mass is 32.2. The van der Waals surface area contributed by atoms with Gasteiger partial charge in [-0.05, 0) is 18.9 Å². The summed E-state index contributed by atoms with van der Waals surface area (Å²) >= 11 is 0. The molecule has 1 aliphatic heterocycles. The molecule has 21 heavy (non-hydrogen) atoms. The number of nitro groups is 1. The Morgan fingerprint density at radius 2 is 2.14 bits per heavy atom. The number of rotatable bonds is 4. The number of nitrogens with one attached hydrogen (secondary N) is 1. The second kappa shape index (κ2) is 5.68. The number of hydrogen-bond acceptors (Lipinski definition) is 6. The van der Waals surface area contributed by atoms with E-state index in [1.165, 1.54) is 12.1 Å². The molecule has 1 saturated heterocycles. The molecular weight excluding hydrogens is 300 g/mol. The maximum atomic E-state index is 11.6. The van der Waals surface area contributed by atoms with E-state index < -0.39 is 20.7 Å². The molecule has 0 bridgehead atoms. The molecule has 1 atom stereocenters. The number of hydrogen-bond donors (Lipinski definition) is 2. The predicted molar refractivity (Wildman–Crippen MR) is 75.4 cm³/mol. The van der Waals surface area contributed by atoms with Gasteiger partial charge in [0.25, 0.3) is 5.69 Å². The van der Waals surface area contributed by atoms with Crippen molar-refractivity contribution in [3.63, 3.8) is 0 Å². The van der Waals surface area contributed by atoms with Crippen LogP contribution in [-0.2, 0) is 9.84 Å². The summed E-state index contributed by atoms with van der Waals surface area (Å²) in [6, 6.07) is 3.06. The van der Waals surface area contributed by atoms with Gasteiger partial charge in [-0.25, -0.2) is 13.2 Å². The number of carboxylic acid groups (broad SMARTS) is 1. The molecule has 1 aliphatic rings. The Hall–Kier alpha value is -2.16. The van der Waals surface area contributed by atoms with Crippen molar-refractivity contribution in [1.82, 2.24) is 0 Å². The molecule has 0 saturated carbocycles. The number of carbonyl (C=O) groups is 1. The van der Waals surface area contributed by atoms with Gasteiger partial charge in [-0.1, -0.05) is 0 Å². The minimum Gasteiger partial charge on any atom is -0.478 e. The fourth-order valence-electron chi connectivity index (χ4n) is 2.31. The first-order chi connectivity index (χ1) is 9.78. The molecule has 1 aromatic carbocycles. The van der Waals surface area contributed by atoms with Crippen molar-refractivity contribution in [1.29, 1.82) is 0 Å². The van der Waals surface area contributed by atoms with Crippen molar-refractivity contribution in [2.24, 2.45) is 0 Å². The number of sulfone groups is 1. The van der Waals surface area contributed by atoms with Gasteiger partial charge in [0, 0.05) is 23.9 Å². The highest BCUT2D eigenvalue weighted by molar-refractivity contribution is 7.91. The number of nitro benzene ring substituents is 1. The summed E-state index contributed by atoms with van der Waals surface area (Å²) < 4.78 is 23.1. The smallest absolute Gasteiger partial charge is 0.338 e. The molecule has 0 radical (unpaired) electrons. The van der Waals surface area contributed by atoms with Gasteiger partial charge < -0.3 is 10.4 Å². The molecule has 1 aromatic rings. The lowest BCUT2D eigenvalue weighted by Gasteiger charge is -2.24. The molecule has 0 spiro atoms. The van der Waals surface area contributed by atoms with Crippen molar-refractivity contribution in [2.75, 3.05) is 16.8 Å². The van der Waals surface area contributed by atoms with Crippen LogP contribution >= 0.6 is 0 Å². The summed E-state index contributed by atoms with van der Waals surface area (Å²) in [5.41, 5.74) is -0.378. The molecular formula is C12H14N2O6S. The van der Waals surface area contributed by atoms with E-state index in [4.69, 9.17) is 5.11 Å². The van der Waals surface area contributed by atoms with Crippen LogP contribution in [-0.4, -0.2) is 42.0 Å². The lowest BCUT2D eigenvalue weighted by atomic mass is 10.1. The third-order valence-corrected chi connectivity index (χ3v) is 5.09. The average Bonchev–Trinajstić information content (AvgIpc) is 2.37. The van der Waals surface area contributed by atoms with Gasteiger partial charge in [-0.3, -0.25) is 10.1 Å². The SMILES string of the molecule is O=C(O)c1cc([N+](=O)[O-])ccc1NC1CCCS(=O)(=O)C1. The Kier molecular flexibility index (Phi) is 4.12. The maximum absolute atomic E-state index is 11.6. The lowest BCUT2D eigenvalue weighted by molar-refractivity contribution is -0.384. The van der Waals surface area contributed by atoms with Crippen molar-refractivity contribution in [3.8, 4) is 0 Å². The molecule has 0 amide bonds. The second-order valence-electron chi connectivity index (χ2n) is 4.89. The molecule has 1 unspecified atom stereocenters. The Morgan fingerprint density at radius 1 is 1.43 bits per heavy atom. The van der Waals surface area contributed by atoms with Crippen molar-refractivity contribution in [3.05, 3.63) is 33.9 Å². The molecule has 9 heteroatoms. The first kappa shape index (κ1) is 15.2. The molecule has 1 fully saturated rings. The maximum Gasteiger partial charge on any atom is 0.338 e. The number of carboxylic acids is 1. The van der Waals surface area contributed by atoms with Crippen LogP contribution in [0.4, 0.5) is 11.4 Å². The minimum absolute atomic E-state index is 0.0664. The molecule has 0 aliphatic carbocycles. The number of aromatic carboxylic acids is 1. The summed E-state index contributed by atoms with van der Waals surface area (Å²) in [7, 11) is -3.12. The minimum atomic E-state index is -3.12. The monoisotopic (exact) mass is 314 g/mol. The van der Waals surface area contributed by atoms with Gasteiger partial charge in [-0.2, -0.15) is 0 Å². The van der Waals surface area contributed by atoms with E-state index in [-0.39, 0.29) is 34.5 Å². The van der Waals surface area contributed by atoms with Gasteiger partial charge in [-0.15, -0.1) is 0 Å². The molecule has 8 nitrogen and oxygen atoms in total. The quantitative estimate of drug-likeness (QED) is 0.633. The number of benzene rings is 1. The topological polar surface area (TPSA) is 127 Å². The first-order valence-electron chi connectivity index (χ1n) is 6.27. The average molecular weight is 314 g/mol. The van der Waals surface area contributed by atoms with Crippen molar-refractivity contribution < 1.29 is 23.2 Å². The lowest BCUT2D eigenvalue weighted by Crippen LogP contribution is -2.35. The zero-order valence-corrected chi connectivity index (χ0v) is 11.8. The van der Waals surface area contributed by atoms with E-state index in [0.717, 1.165) is 6.07 Å². The normalized spacial score (nSPS) is 20.7. The van der Waals surface area contributed by atoms with Gasteiger partial charge in [0.1, 0.15) is 0 Å². The molecule has 2 rings (SSSR count). The summed E-state index contributed by atoms with van der Waals surface area (Å²) in [6.45, 7) is 0. The Labute approximate surface area is 120 Å². The van der Waals surface area contributed by atoms with E-state index in [9.17, 15) is 23.3 Å². The summed E-state index contributed by atoms with van der Waals surface area (Å²) in [5, 5.41) is 22.7. The highest BCUT2D eigenvalue weighted by Gasteiger charge is 2.26. The summed E-state index contributed by atoms with van der Waals surface area (Å²) in [6.07, 6.45) is 1.12. The summed E-state index contributed by atoms with van der Waals surface area (Å²) in [5.74, 6) is -1.24. The van der Waals surface area contributed by atoms with Gasteiger partial charge >= 0.3 is 5.97 Å². The standard InChI is InChI=1S/C12H14N2O6S/c15-12(16)10-6-9(14(17)18)3-4-11(10)13-8-2-1-5-21(19,20)7-8/h3-4,6,8,13H,1-2,5,7H2,(H,15,16). The third kappa shape index (κ3) is 3.69. The Balaban J connectivity index is 2.27. The van der Waals surface area contributed by atoms with Crippen LogP contribution in [0.5, 0.6) is 0 Å². The van der Waals surface area contributed by atoms with Crippen LogP contribution in [0, 0.1) is 10.1 Å². The number of anilines is 1. The van der Waals surface area contributed by atoms with Crippen LogP contribution < -0.4 is 5.32 Å². The predicted octanol–water partition coefficient (Wildman–Crippen LogP) is 1.28. The molecule has 2 N–H and O–H groups in total. The first-order valence-corrected chi connectivity index (χ1v) is 8.09. The van der Waals surface area contributed by atoms with E-state index in [0.29, 0.717) is 12.8 Å². The zero-order chi connectivity index (χ0) is 15.6. The van der Waals surface area contributed by atoms with E-state index in [2.05, 4.69) is 5.32 Å². The van der Waals surface area contributed by atoms with E-state index in [1.807, 2.05) is 0 Å². The van der Waals surface area contributed by atoms with E-state index >= 15 is 0 Å². The van der Waals surface area contributed by atoms with Crippen LogP contribution in [0.25, 0.3) is 0 Å². The van der Waals surface area contributed by atoms with E-state index in [1.54, 1.807) is 0 Å². The Morgan fingerprint density at radius 3 is 2.71 bits per heavy atom. The van der Waals surface area contributed by atoms with Gasteiger partial charge in [0.05, 0.1) is 22.0 Å². The zero-order valence-electron chi connectivity index (χ0n) is 11.0. The van der Waals surface area contributed by atoms with Crippen LogP contribution in [0.15, 0.2) is 18.2 Å². The van der Waals surface area contributed by atoms with Crippen LogP contribution in [0.1, 0.15) is 23.2 Å². The Bertz CT molecular complexity index is 685.